The lowest BCUT2D eigenvalue weighted by Gasteiger charge is -2.17. The quantitative estimate of drug-likeness (QED) is 0.545. The van der Waals surface area contributed by atoms with Gasteiger partial charge >= 0.3 is 5.97 Å². The van der Waals surface area contributed by atoms with Crippen LogP contribution in [0.1, 0.15) is 17.8 Å². The molecule has 0 radical (unpaired) electrons. The second kappa shape index (κ2) is 9.15. The van der Waals surface area contributed by atoms with Crippen LogP contribution in [0.15, 0.2) is 42.5 Å². The topological polar surface area (TPSA) is 123 Å². The van der Waals surface area contributed by atoms with E-state index in [9.17, 15) is 18.4 Å². The molecule has 9 nitrogen and oxygen atoms in total. The summed E-state index contributed by atoms with van der Waals surface area (Å²) in [5.74, 6) is -2.32. The Hall–Kier alpha value is -4.15. The van der Waals surface area contributed by atoms with Gasteiger partial charge in [-0.2, -0.15) is 15.0 Å². The maximum atomic E-state index is 13.9. The van der Waals surface area contributed by atoms with E-state index >= 15 is 0 Å². The summed E-state index contributed by atoms with van der Waals surface area (Å²) < 4.78 is 32.2. The number of rotatable bonds is 6. The first kappa shape index (κ1) is 22.1. The van der Waals surface area contributed by atoms with Crippen LogP contribution in [-0.2, 0) is 20.9 Å². The summed E-state index contributed by atoms with van der Waals surface area (Å²) in [6.07, 6.45) is -0.0506. The normalized spacial score (nSPS) is 15.5. The van der Waals surface area contributed by atoms with Gasteiger partial charge in [-0.3, -0.25) is 9.59 Å². The molecule has 170 valence electrons. The van der Waals surface area contributed by atoms with E-state index in [0.29, 0.717) is 16.9 Å². The molecule has 0 saturated carbocycles. The number of nitrogens with one attached hydrogen (secondary N) is 1. The number of hydrogen-bond donors (Lipinski definition) is 2. The molecule has 1 aromatic heterocycles. The van der Waals surface area contributed by atoms with Crippen LogP contribution in [0.25, 0.3) is 0 Å². The highest BCUT2D eigenvalue weighted by Gasteiger charge is 2.36. The predicted octanol–water partition coefficient (Wildman–Crippen LogP) is 2.88. The number of halogens is 2. The van der Waals surface area contributed by atoms with E-state index in [4.69, 9.17) is 10.5 Å². The fourth-order valence-electron chi connectivity index (χ4n) is 3.34. The van der Waals surface area contributed by atoms with Crippen molar-refractivity contribution in [3.63, 3.8) is 0 Å². The van der Waals surface area contributed by atoms with Gasteiger partial charge < -0.3 is 20.7 Å². The van der Waals surface area contributed by atoms with Crippen LogP contribution in [0, 0.1) is 24.5 Å². The van der Waals surface area contributed by atoms with E-state index < -0.39 is 17.7 Å². The van der Waals surface area contributed by atoms with Gasteiger partial charge in [-0.05, 0) is 48.9 Å². The SMILES string of the molecule is Cc1ccc(N2C[C@H](C(=O)OCc3nc(N)nc(Nc4ccc(F)cc4)n3)CC2=O)cc1F. The smallest absolute Gasteiger partial charge is 0.311 e. The summed E-state index contributed by atoms with van der Waals surface area (Å²) in [5.41, 5.74) is 7.09. The molecule has 1 aliphatic heterocycles. The minimum absolute atomic E-state index is 0.0506. The second-order valence-corrected chi connectivity index (χ2v) is 7.51. The van der Waals surface area contributed by atoms with E-state index in [1.54, 1.807) is 19.1 Å². The lowest BCUT2D eigenvalue weighted by Crippen LogP contribution is -2.26. The van der Waals surface area contributed by atoms with Crippen molar-refractivity contribution in [2.75, 3.05) is 22.5 Å². The highest BCUT2D eigenvalue weighted by atomic mass is 19.1. The number of aryl methyl sites for hydroxylation is 1. The molecule has 1 atom stereocenters. The Morgan fingerprint density at radius 1 is 1.18 bits per heavy atom. The Labute approximate surface area is 187 Å². The molecular weight excluding hydrogens is 434 g/mol. The highest BCUT2D eigenvalue weighted by Crippen LogP contribution is 2.27. The van der Waals surface area contributed by atoms with Gasteiger partial charge in [0.05, 0.1) is 5.92 Å². The average molecular weight is 454 g/mol. The van der Waals surface area contributed by atoms with Gasteiger partial charge in [0.1, 0.15) is 11.6 Å². The Kier molecular flexibility index (Phi) is 6.11. The highest BCUT2D eigenvalue weighted by molar-refractivity contribution is 5.99. The molecule has 3 aromatic rings. The fraction of sp³-hybridized carbons (Fsp3) is 0.227. The number of ether oxygens (including phenoxy) is 1. The second-order valence-electron chi connectivity index (χ2n) is 7.51. The van der Waals surface area contributed by atoms with Crippen LogP contribution < -0.4 is 16.0 Å². The summed E-state index contributed by atoms with van der Waals surface area (Å²) in [5, 5.41) is 2.86. The first-order valence-corrected chi connectivity index (χ1v) is 10.0. The lowest BCUT2D eigenvalue weighted by molar-refractivity contribution is -0.149. The molecular formula is C22H20F2N6O3. The monoisotopic (exact) mass is 454 g/mol. The van der Waals surface area contributed by atoms with E-state index in [0.717, 1.165) is 0 Å². The van der Waals surface area contributed by atoms with Gasteiger partial charge in [-0.15, -0.1) is 0 Å². The molecule has 1 saturated heterocycles. The number of hydrogen-bond acceptors (Lipinski definition) is 8. The van der Waals surface area contributed by atoms with Crippen LogP contribution in [0.4, 0.5) is 32.1 Å². The number of amides is 1. The summed E-state index contributed by atoms with van der Waals surface area (Å²) in [7, 11) is 0. The molecule has 11 heteroatoms. The van der Waals surface area contributed by atoms with E-state index in [1.165, 1.54) is 35.2 Å². The van der Waals surface area contributed by atoms with Crippen LogP contribution in [-0.4, -0.2) is 33.4 Å². The molecule has 0 spiro atoms. The van der Waals surface area contributed by atoms with Crippen molar-refractivity contribution in [2.45, 2.75) is 20.0 Å². The zero-order chi connectivity index (χ0) is 23.5. The zero-order valence-corrected chi connectivity index (χ0v) is 17.6. The standard InChI is InChI=1S/C22H20F2N6O3/c1-12-2-7-16(9-17(12)24)30-10-13(8-19(30)31)20(32)33-11-18-27-21(25)29-22(28-18)26-15-5-3-14(23)4-6-15/h2-7,9,13H,8,10-11H2,1H3,(H3,25,26,27,28,29)/t13-/m1/s1. The van der Waals surface area contributed by atoms with E-state index in [2.05, 4.69) is 20.3 Å². The number of carbonyl (C=O) groups excluding carboxylic acids is 2. The Morgan fingerprint density at radius 3 is 2.67 bits per heavy atom. The molecule has 4 rings (SSSR count). The maximum absolute atomic E-state index is 13.9. The third-order valence-corrected chi connectivity index (χ3v) is 5.07. The summed E-state index contributed by atoms with van der Waals surface area (Å²) in [6, 6.07) is 10.0. The molecule has 0 aliphatic carbocycles. The molecule has 0 unspecified atom stereocenters. The van der Waals surface area contributed by atoms with Crippen LogP contribution in [0.5, 0.6) is 0 Å². The number of nitrogen functional groups attached to an aromatic ring is 1. The predicted molar refractivity (Wildman–Crippen MR) is 115 cm³/mol. The number of aromatic nitrogens is 3. The minimum Gasteiger partial charge on any atom is -0.457 e. The van der Waals surface area contributed by atoms with Gasteiger partial charge in [-0.1, -0.05) is 6.07 Å². The minimum atomic E-state index is -0.710. The number of carbonyl (C=O) groups is 2. The first-order chi connectivity index (χ1) is 15.8. The van der Waals surface area contributed by atoms with Crippen molar-refractivity contribution in [1.82, 2.24) is 15.0 Å². The van der Waals surface area contributed by atoms with Crippen LogP contribution in [0.3, 0.4) is 0 Å². The number of anilines is 4. The van der Waals surface area contributed by atoms with Gasteiger partial charge in [-0.25, -0.2) is 8.78 Å². The summed E-state index contributed by atoms with van der Waals surface area (Å²) in [6.45, 7) is 1.42. The van der Waals surface area contributed by atoms with Gasteiger partial charge in [0.2, 0.25) is 17.8 Å². The number of nitrogens with zero attached hydrogens (tertiary/aromatic N) is 4. The number of nitrogens with two attached hydrogens (primary N) is 1. The third kappa shape index (κ3) is 5.20. The largest absolute Gasteiger partial charge is 0.457 e. The molecule has 1 amide bonds. The van der Waals surface area contributed by atoms with Crippen molar-refractivity contribution in [3.05, 3.63) is 65.5 Å². The van der Waals surface area contributed by atoms with Gasteiger partial charge in [0.15, 0.2) is 12.4 Å². The fourth-order valence-corrected chi connectivity index (χ4v) is 3.34. The average Bonchev–Trinajstić information content (AvgIpc) is 3.17. The van der Waals surface area contributed by atoms with Gasteiger partial charge in [0, 0.05) is 24.3 Å². The lowest BCUT2D eigenvalue weighted by atomic mass is 10.1. The third-order valence-electron chi connectivity index (χ3n) is 5.07. The first-order valence-electron chi connectivity index (χ1n) is 10.0. The molecule has 2 aromatic carbocycles. The Morgan fingerprint density at radius 2 is 1.94 bits per heavy atom. The maximum Gasteiger partial charge on any atom is 0.311 e. The summed E-state index contributed by atoms with van der Waals surface area (Å²) in [4.78, 5) is 38.3. The van der Waals surface area contributed by atoms with Crippen molar-refractivity contribution in [1.29, 1.82) is 0 Å². The van der Waals surface area contributed by atoms with Crippen molar-refractivity contribution in [3.8, 4) is 0 Å². The number of benzene rings is 2. The van der Waals surface area contributed by atoms with Crippen molar-refractivity contribution >= 4 is 35.1 Å². The number of esters is 1. The molecule has 0 bridgehead atoms. The zero-order valence-electron chi connectivity index (χ0n) is 17.6. The van der Waals surface area contributed by atoms with Gasteiger partial charge in [0.25, 0.3) is 0 Å². The molecule has 33 heavy (non-hydrogen) atoms. The molecule has 3 N–H and O–H groups in total. The van der Waals surface area contributed by atoms with Crippen molar-refractivity contribution in [2.24, 2.45) is 5.92 Å². The van der Waals surface area contributed by atoms with Crippen LogP contribution in [0.2, 0.25) is 0 Å². The molecule has 1 aliphatic rings. The Balaban J connectivity index is 1.38. The van der Waals surface area contributed by atoms with E-state index in [1.807, 2.05) is 0 Å². The molecule has 1 fully saturated rings. The van der Waals surface area contributed by atoms with Crippen molar-refractivity contribution < 1.29 is 23.1 Å². The Bertz CT molecular complexity index is 1210. The molecule has 2 heterocycles. The summed E-state index contributed by atoms with van der Waals surface area (Å²) >= 11 is 0. The van der Waals surface area contributed by atoms with Crippen LogP contribution >= 0.6 is 0 Å². The van der Waals surface area contributed by atoms with E-state index in [-0.39, 0.29) is 49.0 Å².